The highest BCUT2D eigenvalue weighted by atomic mass is 16.6. The fourth-order valence-electron chi connectivity index (χ4n) is 1.73. The Morgan fingerprint density at radius 1 is 1.30 bits per heavy atom. The van der Waals surface area contributed by atoms with Crippen LogP contribution in [0.15, 0.2) is 9.98 Å². The molecule has 128 valence electrons. The zero-order chi connectivity index (χ0) is 17.6. The maximum Gasteiger partial charge on any atom is 0.408 e. The van der Waals surface area contributed by atoms with E-state index in [-0.39, 0.29) is 12.5 Å². The highest BCUT2D eigenvalue weighted by Crippen LogP contribution is 2.07. The first-order chi connectivity index (χ1) is 10.6. The molecule has 1 heterocycles. The third kappa shape index (κ3) is 6.90. The molecule has 1 aliphatic heterocycles. The molecule has 2 unspecified atom stereocenters. The number of aliphatic carboxylic acids is 1. The predicted molar refractivity (Wildman–Crippen MR) is 83.8 cm³/mol. The summed E-state index contributed by atoms with van der Waals surface area (Å²) in [5, 5.41) is 13.9. The molecule has 0 fully saturated rings. The van der Waals surface area contributed by atoms with Crippen molar-refractivity contribution < 1.29 is 24.2 Å². The Bertz CT molecular complexity index is 512. The van der Waals surface area contributed by atoms with Crippen LogP contribution in [-0.4, -0.2) is 59.4 Å². The summed E-state index contributed by atoms with van der Waals surface area (Å²) in [5.74, 6) is -1.81. The van der Waals surface area contributed by atoms with Crippen LogP contribution in [0.4, 0.5) is 4.79 Å². The van der Waals surface area contributed by atoms with Gasteiger partial charge in [0, 0.05) is 12.6 Å². The lowest BCUT2D eigenvalue weighted by atomic mass is 10.1. The Morgan fingerprint density at radius 2 is 1.96 bits per heavy atom. The van der Waals surface area contributed by atoms with Crippen molar-refractivity contribution in [2.24, 2.45) is 9.98 Å². The number of alkyl carbamates (subject to hydrolysis) is 1. The van der Waals surface area contributed by atoms with Crippen LogP contribution in [0.3, 0.4) is 0 Å². The van der Waals surface area contributed by atoms with Crippen LogP contribution in [0.2, 0.25) is 0 Å². The second kappa shape index (κ2) is 7.70. The number of nitrogens with one attached hydrogen (secondary N) is 2. The van der Waals surface area contributed by atoms with Crippen molar-refractivity contribution in [1.82, 2.24) is 10.6 Å². The number of rotatable bonds is 6. The summed E-state index contributed by atoms with van der Waals surface area (Å²) in [6, 6.07) is -2.45. The van der Waals surface area contributed by atoms with E-state index in [2.05, 4.69) is 20.6 Å². The SMILES string of the molecule is CC(NC(=O)OC(C)(C)C)C(=O)N[C@@H](CC1C=NC=N1)C(=O)O. The number of nitrogens with zero attached hydrogens (tertiary/aromatic N) is 2. The molecule has 9 nitrogen and oxygen atoms in total. The van der Waals surface area contributed by atoms with Gasteiger partial charge in [-0.3, -0.25) is 9.79 Å². The summed E-state index contributed by atoms with van der Waals surface area (Å²) in [5.41, 5.74) is -0.691. The van der Waals surface area contributed by atoms with Gasteiger partial charge in [-0.1, -0.05) is 0 Å². The molecule has 3 atom stereocenters. The van der Waals surface area contributed by atoms with Crippen LogP contribution in [-0.2, 0) is 14.3 Å². The molecule has 9 heteroatoms. The fraction of sp³-hybridized carbons (Fsp3) is 0.643. The summed E-state index contributed by atoms with van der Waals surface area (Å²) < 4.78 is 5.04. The van der Waals surface area contributed by atoms with Crippen LogP contribution in [0.5, 0.6) is 0 Å². The molecular weight excluding hydrogens is 304 g/mol. The Balaban J connectivity index is 2.53. The molecule has 1 rings (SSSR count). The molecule has 0 aromatic rings. The first-order valence-electron chi connectivity index (χ1n) is 7.16. The number of carboxylic acid groups (broad SMARTS) is 1. The van der Waals surface area contributed by atoms with Gasteiger partial charge < -0.3 is 20.5 Å². The molecule has 1 aliphatic rings. The van der Waals surface area contributed by atoms with Gasteiger partial charge >= 0.3 is 12.1 Å². The third-order valence-corrected chi connectivity index (χ3v) is 2.80. The molecular formula is C14H22N4O5. The van der Waals surface area contributed by atoms with E-state index in [0.29, 0.717) is 0 Å². The molecule has 0 aromatic carbocycles. The first-order valence-corrected chi connectivity index (χ1v) is 7.16. The van der Waals surface area contributed by atoms with E-state index in [1.54, 1.807) is 20.8 Å². The number of hydrogen-bond donors (Lipinski definition) is 3. The summed E-state index contributed by atoms with van der Waals surface area (Å²) in [6.45, 7) is 6.53. The van der Waals surface area contributed by atoms with E-state index >= 15 is 0 Å². The second-order valence-electron chi connectivity index (χ2n) is 6.13. The molecule has 0 bridgehead atoms. The maximum atomic E-state index is 12.0. The first kappa shape index (κ1) is 18.6. The second-order valence-corrected chi connectivity index (χ2v) is 6.13. The molecule has 3 N–H and O–H groups in total. The molecule has 0 radical (unpaired) electrons. The normalized spacial score (nSPS) is 19.0. The number of ether oxygens (including phenoxy) is 1. The Hall–Kier alpha value is -2.45. The van der Waals surface area contributed by atoms with E-state index < -0.39 is 35.7 Å². The lowest BCUT2D eigenvalue weighted by Crippen LogP contribution is -2.51. The Kier molecular flexibility index (Phi) is 6.23. The molecule has 0 aliphatic carbocycles. The highest BCUT2D eigenvalue weighted by Gasteiger charge is 2.27. The van der Waals surface area contributed by atoms with E-state index in [4.69, 9.17) is 4.74 Å². The van der Waals surface area contributed by atoms with Gasteiger partial charge in [0.1, 0.15) is 24.0 Å². The van der Waals surface area contributed by atoms with Gasteiger partial charge in [-0.05, 0) is 27.7 Å². The zero-order valence-corrected chi connectivity index (χ0v) is 13.6. The molecule has 0 aromatic heterocycles. The minimum absolute atomic E-state index is 0.0836. The average molecular weight is 326 g/mol. The van der Waals surface area contributed by atoms with E-state index in [1.807, 2.05) is 0 Å². The largest absolute Gasteiger partial charge is 0.480 e. The van der Waals surface area contributed by atoms with E-state index in [9.17, 15) is 19.5 Å². The lowest BCUT2D eigenvalue weighted by molar-refractivity contribution is -0.142. The van der Waals surface area contributed by atoms with Crippen LogP contribution < -0.4 is 10.6 Å². The Morgan fingerprint density at radius 3 is 2.43 bits per heavy atom. The van der Waals surface area contributed by atoms with Crippen LogP contribution in [0, 0.1) is 0 Å². The average Bonchev–Trinajstić information content (AvgIpc) is 2.88. The molecule has 2 amide bonds. The molecule has 23 heavy (non-hydrogen) atoms. The van der Waals surface area contributed by atoms with Crippen molar-refractivity contribution in [2.45, 2.75) is 57.8 Å². The van der Waals surface area contributed by atoms with E-state index in [1.165, 1.54) is 19.5 Å². The summed E-state index contributed by atoms with van der Waals surface area (Å²) >= 11 is 0. The number of hydrogen-bond acceptors (Lipinski definition) is 6. The fourth-order valence-corrected chi connectivity index (χ4v) is 1.73. The number of aliphatic imine (C=N–C) groups is 2. The van der Waals surface area contributed by atoms with E-state index in [0.717, 1.165) is 0 Å². The van der Waals surface area contributed by atoms with Gasteiger partial charge in [0.2, 0.25) is 5.91 Å². The quantitative estimate of drug-likeness (QED) is 0.648. The van der Waals surface area contributed by atoms with Gasteiger partial charge in [0.25, 0.3) is 0 Å². The van der Waals surface area contributed by atoms with Gasteiger partial charge in [-0.15, -0.1) is 0 Å². The zero-order valence-electron chi connectivity index (χ0n) is 13.6. The van der Waals surface area contributed by atoms with Crippen molar-refractivity contribution in [3.8, 4) is 0 Å². The van der Waals surface area contributed by atoms with Gasteiger partial charge in [-0.25, -0.2) is 14.6 Å². The van der Waals surface area contributed by atoms with Crippen molar-refractivity contribution in [1.29, 1.82) is 0 Å². The minimum atomic E-state index is -1.18. The third-order valence-electron chi connectivity index (χ3n) is 2.80. The Labute approximate surface area is 134 Å². The molecule has 0 saturated carbocycles. The van der Waals surface area contributed by atoms with Crippen LogP contribution in [0.1, 0.15) is 34.1 Å². The molecule has 0 spiro atoms. The summed E-state index contributed by atoms with van der Waals surface area (Å²) in [4.78, 5) is 42.6. The lowest BCUT2D eigenvalue weighted by Gasteiger charge is -2.23. The smallest absolute Gasteiger partial charge is 0.408 e. The predicted octanol–water partition coefficient (Wildman–Crippen LogP) is 0.340. The van der Waals surface area contributed by atoms with Crippen molar-refractivity contribution in [2.75, 3.05) is 0 Å². The number of carboxylic acids is 1. The minimum Gasteiger partial charge on any atom is -0.480 e. The molecule has 0 saturated heterocycles. The number of carbonyl (C=O) groups is 3. The van der Waals surface area contributed by atoms with Gasteiger partial charge in [0.15, 0.2) is 0 Å². The topological polar surface area (TPSA) is 129 Å². The highest BCUT2D eigenvalue weighted by molar-refractivity contribution is 5.89. The van der Waals surface area contributed by atoms with Crippen LogP contribution >= 0.6 is 0 Å². The van der Waals surface area contributed by atoms with Crippen molar-refractivity contribution >= 4 is 30.5 Å². The monoisotopic (exact) mass is 326 g/mol. The number of amides is 2. The van der Waals surface area contributed by atoms with Gasteiger partial charge in [0.05, 0.1) is 6.04 Å². The summed E-state index contributed by atoms with van der Waals surface area (Å²) in [7, 11) is 0. The maximum absolute atomic E-state index is 12.0. The standard InChI is InChI=1S/C14H22N4O5/c1-8(17-13(22)23-14(2,3)4)11(19)18-10(12(20)21)5-9-6-15-7-16-9/h6-10H,5H2,1-4H3,(H,17,22)(H,18,19)(H,20,21)/t8?,9?,10-/m0/s1. The van der Waals surface area contributed by atoms with Crippen molar-refractivity contribution in [3.63, 3.8) is 0 Å². The summed E-state index contributed by atoms with van der Waals surface area (Å²) in [6.07, 6.45) is 2.17. The van der Waals surface area contributed by atoms with Gasteiger partial charge in [-0.2, -0.15) is 0 Å². The van der Waals surface area contributed by atoms with Crippen molar-refractivity contribution in [3.05, 3.63) is 0 Å². The number of carbonyl (C=O) groups excluding carboxylic acids is 2. The van der Waals surface area contributed by atoms with Crippen LogP contribution in [0.25, 0.3) is 0 Å².